The number of ether oxygens (including phenoxy) is 1. The smallest absolute Gasteiger partial charge is 0.323 e. The minimum Gasteiger partial charge on any atom is -0.480 e. The van der Waals surface area contributed by atoms with E-state index in [1.54, 1.807) is 7.11 Å². The van der Waals surface area contributed by atoms with E-state index in [2.05, 4.69) is 5.32 Å². The summed E-state index contributed by atoms with van der Waals surface area (Å²) in [4.78, 5) is 24.8. The van der Waals surface area contributed by atoms with Crippen LogP contribution in [0.2, 0.25) is 0 Å². The second-order valence-electron chi connectivity index (χ2n) is 5.75. The van der Waals surface area contributed by atoms with Crippen molar-refractivity contribution in [2.75, 3.05) is 26.8 Å². The molecule has 3 unspecified atom stereocenters. The number of fused-ring (bicyclic) bond motifs is 1. The van der Waals surface area contributed by atoms with Crippen LogP contribution in [0.25, 0.3) is 0 Å². The lowest BCUT2D eigenvalue weighted by Crippen LogP contribution is -2.48. The van der Waals surface area contributed by atoms with Gasteiger partial charge >= 0.3 is 5.97 Å². The van der Waals surface area contributed by atoms with E-state index < -0.39 is 5.97 Å². The molecule has 0 radical (unpaired) electrons. The molecule has 2 N–H and O–H groups in total. The Morgan fingerprint density at radius 3 is 2.75 bits per heavy atom. The minimum absolute atomic E-state index is 0.0983. The number of nitrogens with zero attached hydrogens (tertiary/aromatic N) is 1. The maximum absolute atomic E-state index is 12.5. The number of methoxy groups -OCH3 is 1. The number of hydrogen-bond acceptors (Lipinski definition) is 4. The van der Waals surface area contributed by atoms with Crippen molar-refractivity contribution >= 4 is 11.9 Å². The predicted molar refractivity (Wildman–Crippen MR) is 73.4 cm³/mol. The van der Waals surface area contributed by atoms with Crippen molar-refractivity contribution in [3.63, 3.8) is 0 Å². The normalized spacial score (nSPS) is 28.9. The van der Waals surface area contributed by atoms with Gasteiger partial charge < -0.3 is 20.1 Å². The average Bonchev–Trinajstić information content (AvgIpc) is 2.86. The molecule has 0 aromatic rings. The first kappa shape index (κ1) is 15.3. The number of nitrogens with one attached hydrogen (secondary N) is 1. The molecule has 2 aliphatic rings. The number of hydrogen-bond donors (Lipinski definition) is 2. The Balaban J connectivity index is 1.94. The Bertz CT molecular complexity index is 347. The van der Waals surface area contributed by atoms with Crippen LogP contribution < -0.4 is 5.32 Å². The first-order valence-corrected chi connectivity index (χ1v) is 7.37. The fourth-order valence-corrected chi connectivity index (χ4v) is 3.36. The first-order chi connectivity index (χ1) is 9.61. The molecular weight excluding hydrogens is 260 g/mol. The van der Waals surface area contributed by atoms with Crippen LogP contribution in [0.4, 0.5) is 0 Å². The predicted octanol–water partition coefficient (Wildman–Crippen LogP) is 0.467. The number of carboxylic acids is 1. The molecule has 3 atom stereocenters. The molecular formula is C14H24N2O4. The molecule has 1 heterocycles. The van der Waals surface area contributed by atoms with E-state index in [0.717, 1.165) is 12.8 Å². The van der Waals surface area contributed by atoms with Crippen molar-refractivity contribution in [2.45, 2.75) is 44.2 Å². The molecule has 1 amide bonds. The van der Waals surface area contributed by atoms with E-state index >= 15 is 0 Å². The molecule has 6 nitrogen and oxygen atoms in total. The van der Waals surface area contributed by atoms with Crippen molar-refractivity contribution in [1.29, 1.82) is 0 Å². The molecule has 0 aromatic heterocycles. The lowest BCUT2D eigenvalue weighted by molar-refractivity contribution is -0.145. The summed E-state index contributed by atoms with van der Waals surface area (Å²) in [7, 11) is 1.55. The lowest BCUT2D eigenvalue weighted by Gasteiger charge is -2.25. The van der Waals surface area contributed by atoms with Crippen molar-refractivity contribution < 1.29 is 19.4 Å². The maximum atomic E-state index is 12.5. The summed E-state index contributed by atoms with van der Waals surface area (Å²) in [6.45, 7) is 0.434. The van der Waals surface area contributed by atoms with Gasteiger partial charge in [-0.15, -0.1) is 0 Å². The Morgan fingerprint density at radius 1 is 1.35 bits per heavy atom. The molecule has 0 bridgehead atoms. The van der Waals surface area contributed by atoms with E-state index in [0.29, 0.717) is 25.1 Å². The summed E-state index contributed by atoms with van der Waals surface area (Å²) in [5.74, 6) is -0.504. The molecule has 2 rings (SSSR count). The van der Waals surface area contributed by atoms with Crippen LogP contribution in [0.3, 0.4) is 0 Å². The van der Waals surface area contributed by atoms with E-state index in [9.17, 15) is 9.59 Å². The summed E-state index contributed by atoms with van der Waals surface area (Å²) in [6.07, 6.45) is 5.61. The highest BCUT2D eigenvalue weighted by molar-refractivity contribution is 5.85. The highest BCUT2D eigenvalue weighted by Gasteiger charge is 2.39. The highest BCUT2D eigenvalue weighted by Crippen LogP contribution is 2.33. The van der Waals surface area contributed by atoms with E-state index in [4.69, 9.17) is 9.84 Å². The molecule has 114 valence electrons. The van der Waals surface area contributed by atoms with Gasteiger partial charge in [0.1, 0.15) is 6.54 Å². The Labute approximate surface area is 119 Å². The number of amides is 1. The molecule has 1 saturated heterocycles. The summed E-state index contributed by atoms with van der Waals surface area (Å²) in [6, 6.07) is 0.214. The summed E-state index contributed by atoms with van der Waals surface area (Å²) in [5.41, 5.74) is 0. The third-order valence-electron chi connectivity index (χ3n) is 4.36. The minimum atomic E-state index is -0.982. The molecule has 0 aromatic carbocycles. The summed E-state index contributed by atoms with van der Waals surface area (Å²) >= 11 is 0. The molecule has 2 fully saturated rings. The lowest BCUT2D eigenvalue weighted by atomic mass is 9.85. The van der Waals surface area contributed by atoms with Crippen LogP contribution in [0.1, 0.15) is 32.1 Å². The van der Waals surface area contributed by atoms with E-state index in [1.807, 2.05) is 0 Å². The van der Waals surface area contributed by atoms with Crippen molar-refractivity contribution in [2.24, 2.45) is 5.92 Å². The van der Waals surface area contributed by atoms with Crippen molar-refractivity contribution in [3.8, 4) is 0 Å². The van der Waals surface area contributed by atoms with Crippen LogP contribution in [0.15, 0.2) is 0 Å². The van der Waals surface area contributed by atoms with Gasteiger partial charge in [-0.1, -0.05) is 12.8 Å². The standard InChI is InChI=1S/C14H24N2O4/c1-20-7-6-16(9-13(17)18)14(19)12-8-10-4-2-3-5-11(10)15-12/h10-12,15H,2-9H2,1H3,(H,17,18). The van der Waals surface area contributed by atoms with Gasteiger partial charge in [0.25, 0.3) is 0 Å². The van der Waals surface area contributed by atoms with Gasteiger partial charge in [0.05, 0.1) is 12.6 Å². The van der Waals surface area contributed by atoms with Gasteiger partial charge in [-0.2, -0.15) is 0 Å². The number of carbonyl (C=O) groups is 2. The van der Waals surface area contributed by atoms with Crippen LogP contribution in [0, 0.1) is 5.92 Å². The second kappa shape index (κ2) is 7.04. The molecule has 0 spiro atoms. The fraction of sp³-hybridized carbons (Fsp3) is 0.857. The number of rotatable bonds is 6. The van der Waals surface area contributed by atoms with E-state index in [-0.39, 0.29) is 18.5 Å². The van der Waals surface area contributed by atoms with Crippen LogP contribution in [0.5, 0.6) is 0 Å². The largest absolute Gasteiger partial charge is 0.480 e. The van der Waals surface area contributed by atoms with Crippen LogP contribution >= 0.6 is 0 Å². The second-order valence-corrected chi connectivity index (χ2v) is 5.75. The zero-order chi connectivity index (χ0) is 14.5. The average molecular weight is 284 g/mol. The molecule has 1 aliphatic heterocycles. The van der Waals surface area contributed by atoms with Crippen molar-refractivity contribution in [3.05, 3.63) is 0 Å². The SMILES string of the molecule is COCCN(CC(=O)O)C(=O)C1CC2CCCCC2N1. The third kappa shape index (κ3) is 3.70. The third-order valence-corrected chi connectivity index (χ3v) is 4.36. The van der Waals surface area contributed by atoms with Crippen LogP contribution in [-0.4, -0.2) is 60.8 Å². The Morgan fingerprint density at radius 2 is 2.10 bits per heavy atom. The van der Waals surface area contributed by atoms with E-state index in [1.165, 1.54) is 24.2 Å². The van der Waals surface area contributed by atoms with Gasteiger partial charge in [0.15, 0.2) is 0 Å². The van der Waals surface area contributed by atoms with Gasteiger partial charge in [-0.3, -0.25) is 9.59 Å². The fourth-order valence-electron chi connectivity index (χ4n) is 3.36. The van der Waals surface area contributed by atoms with Gasteiger partial charge in [-0.25, -0.2) is 0 Å². The highest BCUT2D eigenvalue weighted by atomic mass is 16.5. The zero-order valence-electron chi connectivity index (χ0n) is 12.0. The van der Waals surface area contributed by atoms with Crippen molar-refractivity contribution in [1.82, 2.24) is 10.2 Å². The first-order valence-electron chi connectivity index (χ1n) is 7.37. The number of carboxylic acid groups (broad SMARTS) is 1. The monoisotopic (exact) mass is 284 g/mol. The summed E-state index contributed by atoms with van der Waals surface area (Å²) in [5, 5.41) is 12.3. The number of aliphatic carboxylic acids is 1. The molecule has 6 heteroatoms. The zero-order valence-corrected chi connectivity index (χ0v) is 12.0. The molecule has 1 aliphatic carbocycles. The maximum Gasteiger partial charge on any atom is 0.323 e. The Hall–Kier alpha value is -1.14. The van der Waals surface area contributed by atoms with Crippen LogP contribution in [-0.2, 0) is 14.3 Å². The van der Waals surface area contributed by atoms with Gasteiger partial charge in [0.2, 0.25) is 5.91 Å². The quantitative estimate of drug-likeness (QED) is 0.741. The molecule has 20 heavy (non-hydrogen) atoms. The van der Waals surface area contributed by atoms with Gasteiger partial charge in [0, 0.05) is 19.7 Å². The molecule has 1 saturated carbocycles. The van der Waals surface area contributed by atoms with Gasteiger partial charge in [-0.05, 0) is 25.2 Å². The number of carbonyl (C=O) groups excluding carboxylic acids is 1. The summed E-state index contributed by atoms with van der Waals surface area (Å²) < 4.78 is 4.95. The topological polar surface area (TPSA) is 78.9 Å². The Kier molecular flexibility index (Phi) is 5.37.